The summed E-state index contributed by atoms with van der Waals surface area (Å²) in [4.78, 5) is 39.4. The number of Topliss-reactive ketones (excluding diaryl/α,β-unsaturated/α-hetero) is 1. The molecule has 0 bridgehead atoms. The lowest BCUT2D eigenvalue weighted by atomic mass is 10.0. The Bertz CT molecular complexity index is 1190. The number of allylic oxidation sites excluding steroid dienone is 1. The van der Waals surface area contributed by atoms with E-state index in [4.69, 9.17) is 18.9 Å². The summed E-state index contributed by atoms with van der Waals surface area (Å²) in [6.45, 7) is 3.10. The molecular weight excluding hydrogens is 426 g/mol. The third-order valence-corrected chi connectivity index (χ3v) is 5.33. The van der Waals surface area contributed by atoms with Crippen LogP contribution in [0, 0.1) is 0 Å². The van der Waals surface area contributed by atoms with Gasteiger partial charge in [0, 0.05) is 22.5 Å². The summed E-state index contributed by atoms with van der Waals surface area (Å²) in [5.74, 6) is -0.0784. The summed E-state index contributed by atoms with van der Waals surface area (Å²) < 4.78 is 21.2. The molecule has 0 saturated carbocycles. The molecule has 2 aromatic rings. The van der Waals surface area contributed by atoms with Crippen LogP contribution >= 0.6 is 0 Å². The van der Waals surface area contributed by atoms with Crippen LogP contribution in [0.2, 0.25) is 0 Å². The third kappa shape index (κ3) is 4.19. The molecule has 0 radical (unpaired) electrons. The van der Waals surface area contributed by atoms with Crippen molar-refractivity contribution in [2.45, 2.75) is 13.8 Å². The molecule has 3 rings (SSSR count). The summed E-state index contributed by atoms with van der Waals surface area (Å²) in [6, 6.07) is 10.0. The minimum Gasteiger partial charge on any atom is -0.493 e. The molecule has 33 heavy (non-hydrogen) atoms. The van der Waals surface area contributed by atoms with Gasteiger partial charge in [0.05, 0.1) is 39.6 Å². The van der Waals surface area contributed by atoms with Crippen molar-refractivity contribution in [2.24, 2.45) is 0 Å². The molecule has 0 unspecified atom stereocenters. The van der Waals surface area contributed by atoms with Crippen LogP contribution < -0.4 is 19.1 Å². The zero-order valence-electron chi connectivity index (χ0n) is 19.3. The SMILES string of the molecule is COC(=O)C1=C(C)N(c2cccc(C(C)=O)c2)C(=O)/C1=C\c1ccc(OC)c(OC)c1OC. The second-order valence-electron chi connectivity index (χ2n) is 7.18. The van der Waals surface area contributed by atoms with E-state index in [0.29, 0.717) is 39.8 Å². The van der Waals surface area contributed by atoms with E-state index in [2.05, 4.69) is 0 Å². The van der Waals surface area contributed by atoms with Gasteiger partial charge in [-0.3, -0.25) is 14.5 Å². The Morgan fingerprint density at radius 1 is 0.939 bits per heavy atom. The predicted octanol–water partition coefficient (Wildman–Crippen LogP) is 3.79. The van der Waals surface area contributed by atoms with E-state index in [9.17, 15) is 14.4 Å². The van der Waals surface area contributed by atoms with Crippen molar-refractivity contribution in [3.8, 4) is 17.2 Å². The topological polar surface area (TPSA) is 91.4 Å². The van der Waals surface area contributed by atoms with Crippen molar-refractivity contribution < 1.29 is 33.3 Å². The lowest BCUT2D eigenvalue weighted by Crippen LogP contribution is -2.24. The number of methoxy groups -OCH3 is 4. The van der Waals surface area contributed by atoms with Gasteiger partial charge in [-0.05, 0) is 44.2 Å². The van der Waals surface area contributed by atoms with Crippen LogP contribution in [0.4, 0.5) is 5.69 Å². The lowest BCUT2D eigenvalue weighted by molar-refractivity contribution is -0.136. The van der Waals surface area contributed by atoms with Crippen LogP contribution in [0.1, 0.15) is 29.8 Å². The number of ether oxygens (including phenoxy) is 4. The Kier molecular flexibility index (Phi) is 6.86. The smallest absolute Gasteiger partial charge is 0.340 e. The van der Waals surface area contributed by atoms with Gasteiger partial charge >= 0.3 is 5.97 Å². The molecule has 1 amide bonds. The molecule has 1 heterocycles. The molecule has 1 aliphatic heterocycles. The molecule has 0 N–H and O–H groups in total. The van der Waals surface area contributed by atoms with Gasteiger partial charge in [-0.2, -0.15) is 0 Å². The van der Waals surface area contributed by atoms with Crippen LogP contribution in [0.5, 0.6) is 17.2 Å². The highest BCUT2D eigenvalue weighted by Crippen LogP contribution is 2.42. The second-order valence-corrected chi connectivity index (χ2v) is 7.18. The summed E-state index contributed by atoms with van der Waals surface area (Å²) in [5, 5.41) is 0. The van der Waals surface area contributed by atoms with Gasteiger partial charge < -0.3 is 18.9 Å². The fourth-order valence-corrected chi connectivity index (χ4v) is 3.75. The number of rotatable bonds is 7. The summed E-state index contributed by atoms with van der Waals surface area (Å²) in [7, 11) is 5.70. The normalized spacial score (nSPS) is 14.5. The highest BCUT2D eigenvalue weighted by molar-refractivity contribution is 6.24. The number of carbonyl (C=O) groups is 3. The summed E-state index contributed by atoms with van der Waals surface area (Å²) >= 11 is 0. The molecule has 8 heteroatoms. The van der Waals surface area contributed by atoms with Crippen LogP contribution in [-0.4, -0.2) is 46.1 Å². The van der Waals surface area contributed by atoms with Gasteiger partial charge in [0.1, 0.15) is 0 Å². The standard InChI is InChI=1S/C25H25NO7/c1-14-21(25(29)33-6)19(13-17-10-11-20(30-3)23(32-5)22(17)31-4)24(28)26(14)18-9-7-8-16(12-18)15(2)27/h7-13H,1-6H3/b19-13-. The third-order valence-electron chi connectivity index (χ3n) is 5.33. The van der Waals surface area contributed by atoms with Gasteiger partial charge in [0.15, 0.2) is 17.3 Å². The molecular formula is C25H25NO7. The first-order valence-electron chi connectivity index (χ1n) is 10.0. The van der Waals surface area contributed by atoms with Crippen LogP contribution in [0.25, 0.3) is 6.08 Å². The number of hydrogen-bond acceptors (Lipinski definition) is 7. The van der Waals surface area contributed by atoms with Crippen molar-refractivity contribution in [3.05, 3.63) is 64.4 Å². The lowest BCUT2D eigenvalue weighted by Gasteiger charge is -2.18. The average molecular weight is 451 g/mol. The van der Waals surface area contributed by atoms with Crippen molar-refractivity contribution in [1.82, 2.24) is 0 Å². The highest BCUT2D eigenvalue weighted by atomic mass is 16.5. The van der Waals surface area contributed by atoms with E-state index >= 15 is 0 Å². The van der Waals surface area contributed by atoms with Crippen LogP contribution in [0.15, 0.2) is 53.2 Å². The number of anilines is 1. The first-order valence-corrected chi connectivity index (χ1v) is 10.0. The zero-order chi connectivity index (χ0) is 24.3. The minimum atomic E-state index is -0.656. The van der Waals surface area contributed by atoms with E-state index in [1.165, 1.54) is 40.3 Å². The van der Waals surface area contributed by atoms with Crippen LogP contribution in [-0.2, 0) is 14.3 Å². The van der Waals surface area contributed by atoms with E-state index in [0.717, 1.165) is 0 Å². The zero-order valence-corrected chi connectivity index (χ0v) is 19.3. The van der Waals surface area contributed by atoms with Crippen molar-refractivity contribution in [3.63, 3.8) is 0 Å². The Labute approximate surface area is 192 Å². The fraction of sp³-hybridized carbons (Fsp3) is 0.240. The van der Waals surface area contributed by atoms with Crippen LogP contribution in [0.3, 0.4) is 0 Å². The fourth-order valence-electron chi connectivity index (χ4n) is 3.75. The van der Waals surface area contributed by atoms with Gasteiger partial charge in [0.25, 0.3) is 5.91 Å². The van der Waals surface area contributed by atoms with Gasteiger partial charge in [-0.25, -0.2) is 4.79 Å². The number of nitrogens with zero attached hydrogens (tertiary/aromatic N) is 1. The van der Waals surface area contributed by atoms with Crippen molar-refractivity contribution >= 4 is 29.4 Å². The van der Waals surface area contributed by atoms with Gasteiger partial charge in [0.2, 0.25) is 5.75 Å². The quantitative estimate of drug-likeness (QED) is 0.359. The van der Waals surface area contributed by atoms with Gasteiger partial charge in [-0.1, -0.05) is 12.1 Å². The van der Waals surface area contributed by atoms with E-state index < -0.39 is 11.9 Å². The maximum absolute atomic E-state index is 13.5. The number of hydrogen-bond donors (Lipinski definition) is 0. The van der Waals surface area contributed by atoms with E-state index in [-0.39, 0.29) is 16.9 Å². The number of benzene rings is 2. The second kappa shape index (κ2) is 9.60. The van der Waals surface area contributed by atoms with Crippen molar-refractivity contribution in [2.75, 3.05) is 33.3 Å². The first kappa shape index (κ1) is 23.6. The number of carbonyl (C=O) groups excluding carboxylic acids is 3. The molecule has 1 aliphatic rings. The Hall–Kier alpha value is -4.07. The molecule has 0 aliphatic carbocycles. The Balaban J connectivity index is 2.22. The molecule has 0 fully saturated rings. The van der Waals surface area contributed by atoms with E-state index in [1.54, 1.807) is 49.4 Å². The molecule has 172 valence electrons. The summed E-state index contributed by atoms with van der Waals surface area (Å²) in [5.41, 5.74) is 2.05. The number of amides is 1. The monoisotopic (exact) mass is 451 g/mol. The van der Waals surface area contributed by atoms with Crippen molar-refractivity contribution in [1.29, 1.82) is 0 Å². The number of ketones is 1. The summed E-state index contributed by atoms with van der Waals surface area (Å²) in [6.07, 6.45) is 1.55. The first-order chi connectivity index (χ1) is 15.8. The van der Waals surface area contributed by atoms with Gasteiger partial charge in [-0.15, -0.1) is 0 Å². The molecule has 2 aromatic carbocycles. The number of esters is 1. The van der Waals surface area contributed by atoms with E-state index in [1.807, 2.05) is 0 Å². The molecule has 8 nitrogen and oxygen atoms in total. The average Bonchev–Trinajstić information content (AvgIpc) is 3.07. The molecule has 0 spiro atoms. The molecule has 0 saturated heterocycles. The largest absolute Gasteiger partial charge is 0.493 e. The molecule has 0 aromatic heterocycles. The maximum atomic E-state index is 13.5. The predicted molar refractivity (Wildman–Crippen MR) is 123 cm³/mol. The Morgan fingerprint density at radius 2 is 1.64 bits per heavy atom. The molecule has 0 atom stereocenters. The maximum Gasteiger partial charge on any atom is 0.340 e. The highest BCUT2D eigenvalue weighted by Gasteiger charge is 2.38. The minimum absolute atomic E-state index is 0.118. The Morgan fingerprint density at radius 3 is 2.21 bits per heavy atom.